The number of hydrogen-bond donors (Lipinski definition) is 1. The summed E-state index contributed by atoms with van der Waals surface area (Å²) in [5.74, 6) is 1.89. The minimum atomic E-state index is -0.434. The van der Waals surface area contributed by atoms with Crippen molar-refractivity contribution in [1.82, 2.24) is 14.9 Å². The maximum atomic E-state index is 12.5. The molecule has 0 bridgehead atoms. The van der Waals surface area contributed by atoms with Gasteiger partial charge in [-0.05, 0) is 62.9 Å². The number of rotatable bonds is 8. The SMILES string of the molecule is Cc1cccc(OCCCCn2c(C(C)NC(=O)C(C)(C)C)nc3ccccc32)c1C. The number of nitrogens with one attached hydrogen (secondary N) is 1. The smallest absolute Gasteiger partial charge is 0.225 e. The first-order valence-corrected chi connectivity index (χ1v) is 11.1. The number of carbonyl (C=O) groups excluding carboxylic acids is 1. The highest BCUT2D eigenvalue weighted by Crippen LogP contribution is 2.24. The number of benzene rings is 2. The molecule has 5 heteroatoms. The Morgan fingerprint density at radius 1 is 1.10 bits per heavy atom. The molecule has 0 fully saturated rings. The van der Waals surface area contributed by atoms with E-state index in [4.69, 9.17) is 9.72 Å². The fourth-order valence-electron chi connectivity index (χ4n) is 3.57. The largest absolute Gasteiger partial charge is 0.493 e. The van der Waals surface area contributed by atoms with Gasteiger partial charge in [-0.25, -0.2) is 4.98 Å². The molecule has 0 aliphatic heterocycles. The number of hydrogen-bond acceptors (Lipinski definition) is 3. The second-order valence-electron chi connectivity index (χ2n) is 9.31. The van der Waals surface area contributed by atoms with Crippen molar-refractivity contribution in [1.29, 1.82) is 0 Å². The molecular weight excluding hydrogens is 386 g/mol. The molecule has 0 radical (unpaired) electrons. The summed E-state index contributed by atoms with van der Waals surface area (Å²) in [6.07, 6.45) is 1.92. The molecule has 0 aliphatic rings. The van der Waals surface area contributed by atoms with Gasteiger partial charge in [0.15, 0.2) is 0 Å². The van der Waals surface area contributed by atoms with E-state index in [2.05, 4.69) is 35.9 Å². The highest BCUT2D eigenvalue weighted by molar-refractivity contribution is 5.82. The molecule has 1 atom stereocenters. The molecule has 1 unspecified atom stereocenters. The number of para-hydroxylation sites is 2. The fourth-order valence-corrected chi connectivity index (χ4v) is 3.57. The highest BCUT2D eigenvalue weighted by atomic mass is 16.5. The van der Waals surface area contributed by atoms with E-state index in [1.165, 1.54) is 11.1 Å². The van der Waals surface area contributed by atoms with Gasteiger partial charge < -0.3 is 14.6 Å². The van der Waals surface area contributed by atoms with Crippen LogP contribution in [0.1, 0.15) is 63.5 Å². The van der Waals surface area contributed by atoms with E-state index in [0.717, 1.165) is 42.0 Å². The second kappa shape index (κ2) is 9.54. The third kappa shape index (κ3) is 5.46. The lowest BCUT2D eigenvalue weighted by molar-refractivity contribution is -0.129. The van der Waals surface area contributed by atoms with Crippen LogP contribution in [0.3, 0.4) is 0 Å². The van der Waals surface area contributed by atoms with Crippen molar-refractivity contribution in [2.45, 2.75) is 67.0 Å². The Morgan fingerprint density at radius 2 is 1.84 bits per heavy atom. The number of ether oxygens (including phenoxy) is 1. The minimum absolute atomic E-state index is 0.0283. The molecule has 1 amide bonds. The van der Waals surface area contributed by atoms with Crippen molar-refractivity contribution < 1.29 is 9.53 Å². The van der Waals surface area contributed by atoms with E-state index in [1.807, 2.05) is 58.0 Å². The van der Waals surface area contributed by atoms with E-state index in [-0.39, 0.29) is 11.9 Å². The summed E-state index contributed by atoms with van der Waals surface area (Å²) in [5, 5.41) is 3.13. The maximum absolute atomic E-state index is 12.5. The summed E-state index contributed by atoms with van der Waals surface area (Å²) in [4.78, 5) is 17.3. The minimum Gasteiger partial charge on any atom is -0.493 e. The summed E-state index contributed by atoms with van der Waals surface area (Å²) in [6.45, 7) is 13.5. The van der Waals surface area contributed by atoms with Gasteiger partial charge in [0.1, 0.15) is 11.6 Å². The Hall–Kier alpha value is -2.82. The number of nitrogens with zero attached hydrogens (tertiary/aromatic N) is 2. The summed E-state index contributed by atoms with van der Waals surface area (Å²) in [5.41, 5.74) is 4.08. The molecule has 1 aromatic heterocycles. The number of unbranched alkanes of at least 4 members (excludes halogenated alkanes) is 1. The van der Waals surface area contributed by atoms with E-state index >= 15 is 0 Å². The number of carbonyl (C=O) groups is 1. The van der Waals surface area contributed by atoms with Gasteiger partial charge in [-0.3, -0.25) is 4.79 Å². The van der Waals surface area contributed by atoms with E-state index in [0.29, 0.717) is 6.61 Å². The average Bonchev–Trinajstić information content (AvgIpc) is 3.09. The Balaban J connectivity index is 1.67. The van der Waals surface area contributed by atoms with Crippen LogP contribution in [0, 0.1) is 19.3 Å². The molecular formula is C26H35N3O2. The molecule has 0 spiro atoms. The summed E-state index contributed by atoms with van der Waals surface area (Å²) >= 11 is 0. The number of amides is 1. The fraction of sp³-hybridized carbons (Fsp3) is 0.462. The lowest BCUT2D eigenvalue weighted by atomic mass is 9.95. The molecule has 0 aliphatic carbocycles. The second-order valence-corrected chi connectivity index (χ2v) is 9.31. The van der Waals surface area contributed by atoms with Gasteiger partial charge in [-0.15, -0.1) is 0 Å². The molecule has 5 nitrogen and oxygen atoms in total. The zero-order valence-electron chi connectivity index (χ0n) is 19.7. The highest BCUT2D eigenvalue weighted by Gasteiger charge is 2.25. The molecule has 3 aromatic rings. The van der Waals surface area contributed by atoms with Crippen LogP contribution >= 0.6 is 0 Å². The van der Waals surface area contributed by atoms with Crippen molar-refractivity contribution in [2.75, 3.05) is 6.61 Å². The van der Waals surface area contributed by atoms with Crippen molar-refractivity contribution in [3.05, 3.63) is 59.4 Å². The summed E-state index contributed by atoms with van der Waals surface area (Å²) in [6, 6.07) is 14.2. The number of aromatic nitrogens is 2. The molecule has 3 rings (SSSR count). The van der Waals surface area contributed by atoms with Crippen LogP contribution in [0.5, 0.6) is 5.75 Å². The lowest BCUT2D eigenvalue weighted by Gasteiger charge is -2.22. The zero-order valence-corrected chi connectivity index (χ0v) is 19.7. The number of imidazole rings is 1. The average molecular weight is 422 g/mol. The first-order valence-electron chi connectivity index (χ1n) is 11.1. The van der Waals surface area contributed by atoms with Crippen LogP contribution in [-0.4, -0.2) is 22.1 Å². The first-order chi connectivity index (χ1) is 14.7. The molecule has 1 heterocycles. The maximum Gasteiger partial charge on any atom is 0.225 e. The monoisotopic (exact) mass is 421 g/mol. The number of aryl methyl sites for hydroxylation is 2. The summed E-state index contributed by atoms with van der Waals surface area (Å²) < 4.78 is 8.25. The van der Waals surface area contributed by atoms with Crippen LogP contribution in [0.2, 0.25) is 0 Å². The quantitative estimate of drug-likeness (QED) is 0.472. The molecule has 166 valence electrons. The zero-order chi connectivity index (χ0) is 22.6. The van der Waals surface area contributed by atoms with E-state index < -0.39 is 5.41 Å². The van der Waals surface area contributed by atoms with Gasteiger partial charge in [-0.1, -0.05) is 45.0 Å². The summed E-state index contributed by atoms with van der Waals surface area (Å²) in [7, 11) is 0. The van der Waals surface area contributed by atoms with Gasteiger partial charge in [-0.2, -0.15) is 0 Å². The van der Waals surface area contributed by atoms with E-state index in [1.54, 1.807) is 0 Å². The molecule has 2 aromatic carbocycles. The van der Waals surface area contributed by atoms with Gasteiger partial charge in [0.2, 0.25) is 5.91 Å². The predicted molar refractivity (Wildman–Crippen MR) is 126 cm³/mol. The number of fused-ring (bicyclic) bond motifs is 1. The van der Waals surface area contributed by atoms with Crippen molar-refractivity contribution in [3.8, 4) is 5.75 Å². The third-order valence-corrected chi connectivity index (χ3v) is 5.69. The van der Waals surface area contributed by atoms with Gasteiger partial charge in [0, 0.05) is 12.0 Å². The predicted octanol–water partition coefficient (Wildman–Crippen LogP) is 5.74. The van der Waals surface area contributed by atoms with Crippen LogP contribution in [0.25, 0.3) is 11.0 Å². The topological polar surface area (TPSA) is 56.1 Å². The standard InChI is InChI=1S/C26H35N3O2/c1-18-12-11-15-23(19(18)2)31-17-10-9-16-29-22-14-8-7-13-21(22)28-24(29)20(3)27-25(30)26(4,5)6/h7-8,11-15,20H,9-10,16-17H2,1-6H3,(H,27,30). The van der Waals surface area contributed by atoms with Crippen LogP contribution in [0.15, 0.2) is 42.5 Å². The van der Waals surface area contributed by atoms with Crippen LogP contribution < -0.4 is 10.1 Å². The van der Waals surface area contributed by atoms with E-state index in [9.17, 15) is 4.79 Å². The normalized spacial score (nSPS) is 12.7. The Morgan fingerprint density at radius 3 is 2.58 bits per heavy atom. The Kier molecular flexibility index (Phi) is 7.04. The van der Waals surface area contributed by atoms with Crippen molar-refractivity contribution in [3.63, 3.8) is 0 Å². The van der Waals surface area contributed by atoms with Gasteiger partial charge >= 0.3 is 0 Å². The van der Waals surface area contributed by atoms with Crippen molar-refractivity contribution in [2.24, 2.45) is 5.41 Å². The molecule has 31 heavy (non-hydrogen) atoms. The van der Waals surface area contributed by atoms with Gasteiger partial charge in [0.05, 0.1) is 23.7 Å². The Labute approximate surface area is 185 Å². The first kappa shape index (κ1) is 22.9. The molecule has 0 saturated carbocycles. The molecule has 1 N–H and O–H groups in total. The lowest BCUT2D eigenvalue weighted by Crippen LogP contribution is -2.37. The van der Waals surface area contributed by atoms with Crippen LogP contribution in [0.4, 0.5) is 0 Å². The third-order valence-electron chi connectivity index (χ3n) is 5.69. The Bertz CT molecular complexity index is 1050. The molecule has 0 saturated heterocycles. The van der Waals surface area contributed by atoms with Crippen molar-refractivity contribution >= 4 is 16.9 Å². The van der Waals surface area contributed by atoms with Gasteiger partial charge in [0.25, 0.3) is 0 Å². The van der Waals surface area contributed by atoms with Crippen LogP contribution in [-0.2, 0) is 11.3 Å².